The van der Waals surface area contributed by atoms with Crippen LogP contribution in [0.4, 0.5) is 0 Å². The number of nitrogens with zero attached hydrogens (tertiary/aromatic N) is 4. The fraction of sp³-hybridized carbons (Fsp3) is 0.429. The highest BCUT2D eigenvalue weighted by atomic mass is 16.5. The van der Waals surface area contributed by atoms with Crippen molar-refractivity contribution in [1.82, 2.24) is 24.1 Å². The molecule has 0 aliphatic rings. The third-order valence-corrected chi connectivity index (χ3v) is 3.50. The van der Waals surface area contributed by atoms with E-state index in [1.54, 1.807) is 13.1 Å². The Balaban J connectivity index is 1.95. The van der Waals surface area contributed by atoms with Crippen molar-refractivity contribution in [2.45, 2.75) is 26.5 Å². The standard InChI is InChI=1S/C14H17N5O5/c1-8-6-15-9(24-8)7-23-13-16-10-11(17-13)18(2)14(22)19(12(10)21)4-3-5-20/h6,20H,3-5,7H2,1-2H3,(H,16,17). The van der Waals surface area contributed by atoms with Gasteiger partial charge in [-0.25, -0.2) is 9.78 Å². The third-order valence-electron chi connectivity index (χ3n) is 3.50. The minimum atomic E-state index is -0.504. The molecule has 0 aliphatic heterocycles. The Morgan fingerprint density at radius 2 is 2.21 bits per heavy atom. The van der Waals surface area contributed by atoms with Crippen LogP contribution in [-0.2, 0) is 20.2 Å². The summed E-state index contributed by atoms with van der Waals surface area (Å²) in [5.74, 6) is 1.04. The van der Waals surface area contributed by atoms with Gasteiger partial charge in [0.1, 0.15) is 5.76 Å². The van der Waals surface area contributed by atoms with Gasteiger partial charge in [-0.15, -0.1) is 0 Å². The normalized spacial score (nSPS) is 11.3. The lowest BCUT2D eigenvalue weighted by Gasteiger charge is -2.06. The number of nitrogens with one attached hydrogen (secondary N) is 1. The van der Waals surface area contributed by atoms with E-state index in [4.69, 9.17) is 14.3 Å². The third kappa shape index (κ3) is 2.83. The molecule has 10 nitrogen and oxygen atoms in total. The fourth-order valence-corrected chi connectivity index (χ4v) is 2.32. The lowest BCUT2D eigenvalue weighted by atomic mass is 10.4. The van der Waals surface area contributed by atoms with Gasteiger partial charge in [-0.3, -0.25) is 13.9 Å². The average Bonchev–Trinajstić information content (AvgIpc) is 3.17. The second-order valence-corrected chi connectivity index (χ2v) is 5.27. The predicted octanol–water partition coefficient (Wildman–Crippen LogP) is -0.319. The lowest BCUT2D eigenvalue weighted by Crippen LogP contribution is -2.39. The van der Waals surface area contributed by atoms with Gasteiger partial charge in [0.05, 0.1) is 6.20 Å². The summed E-state index contributed by atoms with van der Waals surface area (Å²) in [6, 6.07) is 0.0906. The summed E-state index contributed by atoms with van der Waals surface area (Å²) in [5, 5.41) is 8.90. The number of aliphatic hydroxyl groups excluding tert-OH is 1. The average molecular weight is 335 g/mol. The van der Waals surface area contributed by atoms with Crippen LogP contribution >= 0.6 is 0 Å². The van der Waals surface area contributed by atoms with Crippen molar-refractivity contribution in [2.75, 3.05) is 6.61 Å². The Hall–Kier alpha value is -2.88. The Kier molecular flexibility index (Phi) is 4.21. The highest BCUT2D eigenvalue weighted by molar-refractivity contribution is 5.70. The lowest BCUT2D eigenvalue weighted by molar-refractivity contribution is 0.244. The van der Waals surface area contributed by atoms with E-state index in [0.717, 1.165) is 4.57 Å². The zero-order valence-corrected chi connectivity index (χ0v) is 13.3. The highest BCUT2D eigenvalue weighted by Crippen LogP contribution is 2.12. The van der Waals surface area contributed by atoms with Crippen LogP contribution in [0.3, 0.4) is 0 Å². The molecular formula is C14H17N5O5. The summed E-state index contributed by atoms with van der Waals surface area (Å²) >= 11 is 0. The van der Waals surface area contributed by atoms with Gasteiger partial charge < -0.3 is 19.2 Å². The van der Waals surface area contributed by atoms with Crippen molar-refractivity contribution in [3.8, 4) is 6.01 Å². The molecule has 3 aromatic rings. The molecule has 10 heteroatoms. The molecule has 0 aromatic carbocycles. The van der Waals surface area contributed by atoms with Gasteiger partial charge in [0.2, 0.25) is 5.89 Å². The number of hydrogen-bond donors (Lipinski definition) is 2. The molecule has 0 aliphatic carbocycles. The van der Waals surface area contributed by atoms with Crippen molar-refractivity contribution >= 4 is 11.2 Å². The summed E-state index contributed by atoms with van der Waals surface area (Å²) in [5.41, 5.74) is -0.643. The Labute approximate surface area is 135 Å². The Bertz CT molecular complexity index is 980. The van der Waals surface area contributed by atoms with E-state index >= 15 is 0 Å². The van der Waals surface area contributed by atoms with E-state index < -0.39 is 11.2 Å². The van der Waals surface area contributed by atoms with E-state index in [9.17, 15) is 9.59 Å². The van der Waals surface area contributed by atoms with Crippen molar-refractivity contribution in [3.63, 3.8) is 0 Å². The van der Waals surface area contributed by atoms with E-state index in [1.807, 2.05) is 0 Å². The summed E-state index contributed by atoms with van der Waals surface area (Å²) < 4.78 is 13.0. The summed E-state index contributed by atoms with van der Waals surface area (Å²) in [6.45, 7) is 1.83. The summed E-state index contributed by atoms with van der Waals surface area (Å²) in [4.78, 5) is 35.5. The van der Waals surface area contributed by atoms with Crippen LogP contribution in [0.1, 0.15) is 18.1 Å². The first-order chi connectivity index (χ1) is 11.5. The first-order valence-electron chi connectivity index (χ1n) is 7.35. The van der Waals surface area contributed by atoms with Crippen molar-refractivity contribution in [1.29, 1.82) is 0 Å². The van der Waals surface area contributed by atoms with Crippen LogP contribution in [0.15, 0.2) is 20.2 Å². The Morgan fingerprint density at radius 1 is 1.42 bits per heavy atom. The van der Waals surface area contributed by atoms with Crippen molar-refractivity contribution < 1.29 is 14.3 Å². The highest BCUT2D eigenvalue weighted by Gasteiger charge is 2.16. The van der Waals surface area contributed by atoms with Gasteiger partial charge in [-0.2, -0.15) is 4.98 Å². The van der Waals surface area contributed by atoms with Gasteiger partial charge in [0, 0.05) is 20.2 Å². The zero-order valence-electron chi connectivity index (χ0n) is 13.3. The van der Waals surface area contributed by atoms with Crippen LogP contribution in [-0.4, -0.2) is 35.8 Å². The monoisotopic (exact) mass is 335 g/mol. The SMILES string of the molecule is Cc1cnc(COc2nc3c([nH]2)c(=O)n(CCCO)c(=O)n3C)o1. The minimum Gasteiger partial charge on any atom is -0.455 e. The topological polar surface area (TPSA) is 128 Å². The molecule has 128 valence electrons. The van der Waals surface area contributed by atoms with Crippen molar-refractivity contribution in [2.24, 2.45) is 7.05 Å². The van der Waals surface area contributed by atoms with Gasteiger partial charge in [0.15, 0.2) is 17.8 Å². The molecule has 0 bridgehead atoms. The smallest absolute Gasteiger partial charge is 0.332 e. The maximum Gasteiger partial charge on any atom is 0.332 e. The molecule has 0 unspecified atom stereocenters. The number of aromatic amines is 1. The second kappa shape index (κ2) is 6.32. The Morgan fingerprint density at radius 3 is 2.88 bits per heavy atom. The van der Waals surface area contributed by atoms with E-state index in [0.29, 0.717) is 18.1 Å². The quantitative estimate of drug-likeness (QED) is 0.632. The number of hydrogen-bond acceptors (Lipinski definition) is 7. The largest absolute Gasteiger partial charge is 0.455 e. The molecule has 0 radical (unpaired) electrons. The predicted molar refractivity (Wildman–Crippen MR) is 82.9 cm³/mol. The number of rotatable bonds is 6. The van der Waals surface area contributed by atoms with E-state index in [1.165, 1.54) is 11.6 Å². The van der Waals surface area contributed by atoms with Gasteiger partial charge in [-0.1, -0.05) is 0 Å². The minimum absolute atomic E-state index is 0.0420. The molecule has 3 rings (SSSR count). The van der Waals surface area contributed by atoms with Crippen LogP contribution in [0.5, 0.6) is 6.01 Å². The van der Waals surface area contributed by atoms with Crippen LogP contribution in [0, 0.1) is 6.92 Å². The summed E-state index contributed by atoms with van der Waals surface area (Å²) in [6.07, 6.45) is 1.88. The first-order valence-corrected chi connectivity index (χ1v) is 7.35. The fourth-order valence-electron chi connectivity index (χ4n) is 2.32. The van der Waals surface area contributed by atoms with Crippen molar-refractivity contribution in [3.05, 3.63) is 38.7 Å². The number of oxazole rings is 1. The second-order valence-electron chi connectivity index (χ2n) is 5.27. The van der Waals surface area contributed by atoms with Gasteiger partial charge >= 0.3 is 5.69 Å². The number of imidazole rings is 1. The molecule has 0 saturated carbocycles. The maximum atomic E-state index is 12.4. The number of H-pyrrole nitrogens is 1. The van der Waals surface area contributed by atoms with Gasteiger partial charge in [0.25, 0.3) is 11.6 Å². The first kappa shape index (κ1) is 16.0. The number of aryl methyl sites for hydroxylation is 2. The van der Waals surface area contributed by atoms with E-state index in [2.05, 4.69) is 15.0 Å². The number of aliphatic hydroxyl groups is 1. The zero-order chi connectivity index (χ0) is 17.3. The number of ether oxygens (including phenoxy) is 1. The molecule has 3 heterocycles. The molecular weight excluding hydrogens is 318 g/mol. The molecule has 0 spiro atoms. The summed E-state index contributed by atoms with van der Waals surface area (Å²) in [7, 11) is 1.52. The number of fused-ring (bicyclic) bond motifs is 1. The van der Waals surface area contributed by atoms with Crippen LogP contribution in [0.2, 0.25) is 0 Å². The molecule has 0 amide bonds. The van der Waals surface area contributed by atoms with Crippen LogP contribution in [0.25, 0.3) is 11.2 Å². The molecule has 2 N–H and O–H groups in total. The molecule has 0 atom stereocenters. The van der Waals surface area contributed by atoms with Crippen LogP contribution < -0.4 is 16.0 Å². The molecule has 24 heavy (non-hydrogen) atoms. The number of aromatic nitrogens is 5. The molecule has 0 saturated heterocycles. The van der Waals surface area contributed by atoms with Gasteiger partial charge in [-0.05, 0) is 13.3 Å². The maximum absolute atomic E-state index is 12.4. The molecule has 0 fully saturated rings. The van der Waals surface area contributed by atoms with E-state index in [-0.39, 0.29) is 36.9 Å². The molecule has 3 aromatic heterocycles.